The number of aromatic amines is 1. The van der Waals surface area contributed by atoms with Crippen LogP contribution in [-0.4, -0.2) is 33.0 Å². The van der Waals surface area contributed by atoms with E-state index in [1.165, 1.54) is 6.92 Å². The van der Waals surface area contributed by atoms with Crippen LogP contribution in [0.5, 0.6) is 0 Å². The Kier molecular flexibility index (Phi) is 5.26. The fourth-order valence-electron chi connectivity index (χ4n) is 3.08. The lowest BCUT2D eigenvalue weighted by Crippen LogP contribution is -2.31. The Bertz CT molecular complexity index is 770. The van der Waals surface area contributed by atoms with E-state index in [2.05, 4.69) is 22.3 Å². The van der Waals surface area contributed by atoms with Crippen LogP contribution in [0.2, 0.25) is 0 Å². The molecule has 0 unspecified atom stereocenters. The molecule has 1 atom stereocenters. The summed E-state index contributed by atoms with van der Waals surface area (Å²) in [6.45, 7) is 12.5. The van der Waals surface area contributed by atoms with Gasteiger partial charge in [0.25, 0.3) is 5.91 Å². The van der Waals surface area contributed by atoms with Gasteiger partial charge < -0.3 is 10.3 Å². The highest BCUT2D eigenvalue weighted by Gasteiger charge is 2.20. The van der Waals surface area contributed by atoms with E-state index in [4.69, 9.17) is 0 Å². The summed E-state index contributed by atoms with van der Waals surface area (Å²) in [5.41, 5.74) is 4.64. The summed E-state index contributed by atoms with van der Waals surface area (Å²) in [5.74, 6) is 0.0390. The standard InChI is InChI=1S/C18H26N4O2/c1-10(9-22-12(3)7-11(2)21-22)8-19-18(24)17-13(4)16(15(6)23)14(5)20-17/h7,10,20H,8-9H2,1-6H3,(H,19,24)/t10-/m1/s1. The van der Waals surface area contributed by atoms with E-state index in [1.54, 1.807) is 6.92 Å². The van der Waals surface area contributed by atoms with Gasteiger partial charge in [-0.25, -0.2) is 0 Å². The molecule has 2 rings (SSSR count). The fourth-order valence-corrected chi connectivity index (χ4v) is 3.08. The number of carbonyl (C=O) groups excluding carboxylic acids is 2. The topological polar surface area (TPSA) is 79.8 Å². The molecule has 0 aliphatic rings. The molecule has 0 aliphatic carbocycles. The molecular formula is C18H26N4O2. The fraction of sp³-hybridized carbons (Fsp3) is 0.500. The van der Waals surface area contributed by atoms with E-state index in [-0.39, 0.29) is 17.6 Å². The number of amides is 1. The molecule has 1 amide bonds. The number of nitrogens with one attached hydrogen (secondary N) is 2. The Morgan fingerprint density at radius 3 is 2.46 bits per heavy atom. The molecule has 2 aromatic heterocycles. The van der Waals surface area contributed by atoms with Gasteiger partial charge in [-0.05, 0) is 52.2 Å². The van der Waals surface area contributed by atoms with Crippen molar-refractivity contribution in [3.05, 3.63) is 40.0 Å². The zero-order valence-corrected chi connectivity index (χ0v) is 15.3. The molecule has 2 N–H and O–H groups in total. The van der Waals surface area contributed by atoms with Crippen LogP contribution >= 0.6 is 0 Å². The Balaban J connectivity index is 1.99. The van der Waals surface area contributed by atoms with Gasteiger partial charge in [0.1, 0.15) is 5.69 Å². The molecule has 2 heterocycles. The first-order valence-corrected chi connectivity index (χ1v) is 8.20. The maximum Gasteiger partial charge on any atom is 0.268 e. The lowest BCUT2D eigenvalue weighted by molar-refractivity contribution is 0.0941. The Labute approximate surface area is 142 Å². The quantitative estimate of drug-likeness (QED) is 0.799. The lowest BCUT2D eigenvalue weighted by atomic mass is 10.1. The van der Waals surface area contributed by atoms with Gasteiger partial charge in [-0.1, -0.05) is 6.92 Å². The van der Waals surface area contributed by atoms with Crippen molar-refractivity contribution in [3.63, 3.8) is 0 Å². The summed E-state index contributed by atoms with van der Waals surface area (Å²) in [5, 5.41) is 7.39. The van der Waals surface area contributed by atoms with Crippen LogP contribution in [0.3, 0.4) is 0 Å². The number of hydrogen-bond donors (Lipinski definition) is 2. The zero-order valence-electron chi connectivity index (χ0n) is 15.3. The highest BCUT2D eigenvalue weighted by atomic mass is 16.2. The average molecular weight is 330 g/mol. The lowest BCUT2D eigenvalue weighted by Gasteiger charge is -2.14. The Morgan fingerprint density at radius 2 is 1.96 bits per heavy atom. The van der Waals surface area contributed by atoms with E-state index in [9.17, 15) is 9.59 Å². The van der Waals surface area contributed by atoms with Crippen molar-refractivity contribution >= 4 is 11.7 Å². The molecule has 130 valence electrons. The molecule has 24 heavy (non-hydrogen) atoms. The van der Waals surface area contributed by atoms with Gasteiger partial charge in [0, 0.05) is 30.0 Å². The molecule has 0 aromatic carbocycles. The molecule has 0 fully saturated rings. The van der Waals surface area contributed by atoms with E-state index < -0.39 is 0 Å². The van der Waals surface area contributed by atoms with Crippen molar-refractivity contribution in [1.82, 2.24) is 20.1 Å². The van der Waals surface area contributed by atoms with E-state index in [0.717, 1.165) is 23.6 Å². The SMILES string of the molecule is CC(=O)c1c(C)[nH]c(C(=O)NC[C@@H](C)Cn2nc(C)cc2C)c1C. The largest absolute Gasteiger partial charge is 0.354 e. The van der Waals surface area contributed by atoms with Crippen molar-refractivity contribution in [3.8, 4) is 0 Å². The van der Waals surface area contributed by atoms with Crippen molar-refractivity contribution in [2.45, 2.75) is 48.1 Å². The van der Waals surface area contributed by atoms with Gasteiger partial charge in [0.15, 0.2) is 5.78 Å². The monoisotopic (exact) mass is 330 g/mol. The third-order valence-electron chi connectivity index (χ3n) is 4.22. The predicted molar refractivity (Wildman–Crippen MR) is 93.5 cm³/mol. The second-order valence-electron chi connectivity index (χ2n) is 6.61. The van der Waals surface area contributed by atoms with Crippen molar-refractivity contribution in [1.29, 1.82) is 0 Å². The number of aromatic nitrogens is 3. The van der Waals surface area contributed by atoms with Crippen LogP contribution in [0.1, 0.15) is 57.3 Å². The van der Waals surface area contributed by atoms with Gasteiger partial charge in [-0.15, -0.1) is 0 Å². The van der Waals surface area contributed by atoms with Gasteiger partial charge in [0.2, 0.25) is 0 Å². The van der Waals surface area contributed by atoms with E-state index in [0.29, 0.717) is 23.4 Å². The molecule has 0 aliphatic heterocycles. The number of hydrogen-bond acceptors (Lipinski definition) is 3. The molecule has 0 spiro atoms. The summed E-state index contributed by atoms with van der Waals surface area (Å²) in [4.78, 5) is 27.1. The average Bonchev–Trinajstić information content (AvgIpc) is 2.95. The van der Waals surface area contributed by atoms with Gasteiger partial charge in [0.05, 0.1) is 5.69 Å². The van der Waals surface area contributed by atoms with Crippen molar-refractivity contribution in [2.75, 3.05) is 6.54 Å². The molecular weight excluding hydrogens is 304 g/mol. The van der Waals surface area contributed by atoms with Crippen LogP contribution < -0.4 is 5.32 Å². The number of H-pyrrole nitrogens is 1. The van der Waals surface area contributed by atoms with Crippen molar-refractivity contribution < 1.29 is 9.59 Å². The number of aryl methyl sites for hydroxylation is 3. The number of nitrogens with zero attached hydrogens (tertiary/aromatic N) is 2. The summed E-state index contributed by atoms with van der Waals surface area (Å²) in [6.07, 6.45) is 0. The van der Waals surface area contributed by atoms with Gasteiger partial charge in [-0.3, -0.25) is 14.3 Å². The second kappa shape index (κ2) is 7.03. The van der Waals surface area contributed by atoms with Gasteiger partial charge >= 0.3 is 0 Å². The van der Waals surface area contributed by atoms with Gasteiger partial charge in [-0.2, -0.15) is 5.10 Å². The maximum absolute atomic E-state index is 12.4. The first kappa shape index (κ1) is 18.0. The summed E-state index contributed by atoms with van der Waals surface area (Å²) in [7, 11) is 0. The molecule has 0 saturated heterocycles. The minimum Gasteiger partial charge on any atom is -0.354 e. The molecule has 2 aromatic rings. The van der Waals surface area contributed by atoms with Crippen LogP contribution in [0.4, 0.5) is 0 Å². The summed E-state index contributed by atoms with van der Waals surface area (Å²) >= 11 is 0. The van der Waals surface area contributed by atoms with Crippen LogP contribution in [0.25, 0.3) is 0 Å². The normalized spacial score (nSPS) is 12.2. The Morgan fingerprint density at radius 1 is 1.29 bits per heavy atom. The Hall–Kier alpha value is -2.37. The first-order chi connectivity index (χ1) is 11.2. The zero-order chi connectivity index (χ0) is 18.0. The van der Waals surface area contributed by atoms with Crippen LogP contribution in [-0.2, 0) is 6.54 Å². The molecule has 0 radical (unpaired) electrons. The van der Waals surface area contributed by atoms with Crippen LogP contribution in [0, 0.1) is 33.6 Å². The number of ketones is 1. The van der Waals surface area contributed by atoms with Crippen LogP contribution in [0.15, 0.2) is 6.07 Å². The maximum atomic E-state index is 12.4. The van der Waals surface area contributed by atoms with Crippen molar-refractivity contribution in [2.24, 2.45) is 5.92 Å². The summed E-state index contributed by atoms with van der Waals surface area (Å²) in [6, 6.07) is 2.04. The molecule has 0 bridgehead atoms. The molecule has 6 nitrogen and oxygen atoms in total. The smallest absolute Gasteiger partial charge is 0.268 e. The molecule has 6 heteroatoms. The third kappa shape index (κ3) is 3.75. The number of Topliss-reactive ketones (excluding diaryl/α,β-unsaturated/α-hetero) is 1. The highest BCUT2D eigenvalue weighted by Crippen LogP contribution is 2.18. The second-order valence-corrected chi connectivity index (χ2v) is 6.61. The number of rotatable bonds is 6. The minimum absolute atomic E-state index is 0.0294. The third-order valence-corrected chi connectivity index (χ3v) is 4.22. The summed E-state index contributed by atoms with van der Waals surface area (Å²) < 4.78 is 1.96. The minimum atomic E-state index is -0.177. The predicted octanol–water partition coefficient (Wildman–Crippen LogP) is 2.71. The number of carbonyl (C=O) groups is 2. The molecule has 0 saturated carbocycles. The van der Waals surface area contributed by atoms with E-state index in [1.807, 2.05) is 31.5 Å². The highest BCUT2D eigenvalue weighted by molar-refractivity contribution is 6.02. The van der Waals surface area contributed by atoms with E-state index >= 15 is 0 Å². The first-order valence-electron chi connectivity index (χ1n) is 8.20.